The molecule has 8 heteroatoms. The average molecular weight is 398 g/mol. The van der Waals surface area contributed by atoms with E-state index in [-0.39, 0.29) is 11.7 Å². The molecule has 1 N–H and O–H groups in total. The van der Waals surface area contributed by atoms with Gasteiger partial charge < -0.3 is 10.1 Å². The van der Waals surface area contributed by atoms with Crippen molar-refractivity contribution in [2.75, 3.05) is 24.8 Å². The van der Waals surface area contributed by atoms with Gasteiger partial charge in [-0.25, -0.2) is 0 Å². The Labute approximate surface area is 168 Å². The van der Waals surface area contributed by atoms with Crippen molar-refractivity contribution in [2.24, 2.45) is 0 Å². The molecule has 0 unspecified atom stereocenters. The molecule has 2 heterocycles. The van der Waals surface area contributed by atoms with Crippen molar-refractivity contribution >= 4 is 23.4 Å². The third-order valence-electron chi connectivity index (χ3n) is 4.16. The molecule has 0 saturated carbocycles. The Hall–Kier alpha value is -2.71. The third kappa shape index (κ3) is 4.96. The number of methoxy groups -OCH3 is 1. The fourth-order valence-corrected chi connectivity index (χ4v) is 3.53. The summed E-state index contributed by atoms with van der Waals surface area (Å²) in [5, 5.41) is 12.2. The van der Waals surface area contributed by atoms with Gasteiger partial charge in [-0.1, -0.05) is 29.5 Å². The molecule has 0 aliphatic heterocycles. The summed E-state index contributed by atoms with van der Waals surface area (Å²) in [6.07, 6.45) is 3.43. The van der Waals surface area contributed by atoms with Crippen LogP contribution in [0, 0.1) is 13.8 Å². The molecule has 28 heavy (non-hydrogen) atoms. The Morgan fingerprint density at radius 2 is 1.96 bits per heavy atom. The van der Waals surface area contributed by atoms with Crippen LogP contribution in [0.2, 0.25) is 0 Å². The van der Waals surface area contributed by atoms with E-state index in [9.17, 15) is 4.79 Å². The molecule has 0 spiro atoms. The Balaban J connectivity index is 1.71. The normalized spacial score (nSPS) is 10.8. The van der Waals surface area contributed by atoms with Crippen molar-refractivity contribution in [2.45, 2.75) is 25.5 Å². The van der Waals surface area contributed by atoms with Gasteiger partial charge in [-0.2, -0.15) is 0 Å². The van der Waals surface area contributed by atoms with Crippen LogP contribution in [0.3, 0.4) is 0 Å². The number of pyridine rings is 1. The lowest BCUT2D eigenvalue weighted by atomic mass is 10.1. The molecule has 0 atom stereocenters. The quantitative estimate of drug-likeness (QED) is 0.587. The maximum absolute atomic E-state index is 12.4. The summed E-state index contributed by atoms with van der Waals surface area (Å²) >= 11 is 1.36. The number of aryl methyl sites for hydroxylation is 2. The van der Waals surface area contributed by atoms with Gasteiger partial charge in [-0.15, -0.1) is 10.2 Å². The minimum Gasteiger partial charge on any atom is -0.383 e. The lowest BCUT2D eigenvalue weighted by Gasteiger charge is -2.11. The molecule has 1 aromatic carbocycles. The van der Waals surface area contributed by atoms with Gasteiger partial charge >= 0.3 is 0 Å². The first-order valence-corrected chi connectivity index (χ1v) is 9.89. The molecular weight excluding hydrogens is 374 g/mol. The monoisotopic (exact) mass is 397 g/mol. The minimum atomic E-state index is -0.0799. The number of ether oxygens (including phenoxy) is 1. The number of hydrogen-bond acceptors (Lipinski definition) is 6. The SMILES string of the molecule is COCCn1c(SCC(=O)Nc2ccc(C)cc2C)nnc1-c1ccncc1. The smallest absolute Gasteiger partial charge is 0.234 e. The van der Waals surface area contributed by atoms with Crippen molar-refractivity contribution in [3.05, 3.63) is 53.9 Å². The zero-order valence-electron chi connectivity index (χ0n) is 16.2. The number of thioether (sulfide) groups is 1. The van der Waals surface area contributed by atoms with Crippen molar-refractivity contribution in [3.8, 4) is 11.4 Å². The van der Waals surface area contributed by atoms with E-state index in [0.29, 0.717) is 18.3 Å². The second-order valence-corrected chi connectivity index (χ2v) is 7.28. The predicted molar refractivity (Wildman–Crippen MR) is 110 cm³/mol. The standard InChI is InChI=1S/C20H23N5O2S/c1-14-4-5-17(15(2)12-14)22-18(26)13-28-20-24-23-19(25(20)10-11-27-3)16-6-8-21-9-7-16/h4-9,12H,10-11,13H2,1-3H3,(H,22,26). The van der Waals surface area contributed by atoms with Crippen molar-refractivity contribution in [1.29, 1.82) is 0 Å². The summed E-state index contributed by atoms with van der Waals surface area (Å²) in [5.74, 6) is 0.898. The highest BCUT2D eigenvalue weighted by molar-refractivity contribution is 7.99. The van der Waals surface area contributed by atoms with E-state index >= 15 is 0 Å². The molecule has 0 aliphatic rings. The summed E-state index contributed by atoms with van der Waals surface area (Å²) in [6.45, 7) is 5.14. The molecule has 0 radical (unpaired) electrons. The van der Waals surface area contributed by atoms with Crippen LogP contribution in [0.15, 0.2) is 47.9 Å². The topological polar surface area (TPSA) is 81.9 Å². The van der Waals surface area contributed by atoms with E-state index in [1.54, 1.807) is 19.5 Å². The van der Waals surface area contributed by atoms with Crippen LogP contribution in [-0.4, -0.2) is 45.1 Å². The lowest BCUT2D eigenvalue weighted by molar-refractivity contribution is -0.113. The Bertz CT molecular complexity index is 943. The van der Waals surface area contributed by atoms with E-state index in [2.05, 4.69) is 20.5 Å². The fraction of sp³-hybridized carbons (Fsp3) is 0.300. The number of aromatic nitrogens is 4. The number of nitrogens with one attached hydrogen (secondary N) is 1. The molecule has 0 bridgehead atoms. The van der Waals surface area contributed by atoms with Gasteiger partial charge in [-0.3, -0.25) is 14.3 Å². The lowest BCUT2D eigenvalue weighted by Crippen LogP contribution is -2.16. The van der Waals surface area contributed by atoms with Crippen LogP contribution in [0.25, 0.3) is 11.4 Å². The van der Waals surface area contributed by atoms with Crippen molar-refractivity contribution in [1.82, 2.24) is 19.7 Å². The number of nitrogens with zero attached hydrogens (tertiary/aromatic N) is 4. The van der Waals surface area contributed by atoms with E-state index in [0.717, 1.165) is 22.6 Å². The molecule has 0 aliphatic carbocycles. The van der Waals surface area contributed by atoms with Gasteiger partial charge in [0, 0.05) is 30.8 Å². The second kappa shape index (κ2) is 9.48. The highest BCUT2D eigenvalue weighted by Crippen LogP contribution is 2.24. The van der Waals surface area contributed by atoms with Gasteiger partial charge in [0.05, 0.1) is 18.9 Å². The highest BCUT2D eigenvalue weighted by atomic mass is 32.2. The summed E-state index contributed by atoms with van der Waals surface area (Å²) in [5.41, 5.74) is 3.96. The zero-order valence-corrected chi connectivity index (χ0v) is 17.0. The first kappa shape index (κ1) is 20.0. The Morgan fingerprint density at radius 3 is 2.68 bits per heavy atom. The summed E-state index contributed by atoms with van der Waals surface area (Å²) in [7, 11) is 1.65. The number of carbonyl (C=O) groups is 1. The first-order valence-electron chi connectivity index (χ1n) is 8.91. The predicted octanol–water partition coefficient (Wildman–Crippen LogP) is 3.33. The second-order valence-electron chi connectivity index (χ2n) is 6.34. The number of carbonyl (C=O) groups excluding carboxylic acids is 1. The van der Waals surface area contributed by atoms with E-state index in [4.69, 9.17) is 4.74 Å². The average Bonchev–Trinajstić information content (AvgIpc) is 3.10. The molecule has 7 nitrogen and oxygen atoms in total. The Morgan fingerprint density at radius 1 is 1.18 bits per heavy atom. The van der Waals surface area contributed by atoms with Crippen LogP contribution >= 0.6 is 11.8 Å². The molecule has 3 rings (SSSR count). The summed E-state index contributed by atoms with van der Waals surface area (Å²) < 4.78 is 7.18. The van der Waals surface area contributed by atoms with E-state index < -0.39 is 0 Å². The fourth-order valence-electron chi connectivity index (χ4n) is 2.76. The number of rotatable bonds is 8. The number of amides is 1. The van der Waals surface area contributed by atoms with Crippen molar-refractivity contribution in [3.63, 3.8) is 0 Å². The molecule has 1 amide bonds. The number of anilines is 1. The van der Waals surface area contributed by atoms with Crippen molar-refractivity contribution < 1.29 is 9.53 Å². The van der Waals surface area contributed by atoms with Crippen LogP contribution in [0.1, 0.15) is 11.1 Å². The van der Waals surface area contributed by atoms with E-state index in [1.165, 1.54) is 17.3 Å². The van der Waals surface area contributed by atoms with Crippen LogP contribution in [0.5, 0.6) is 0 Å². The molecule has 0 fully saturated rings. The Kier molecular flexibility index (Phi) is 6.78. The van der Waals surface area contributed by atoms with E-state index in [1.807, 2.05) is 48.7 Å². The maximum atomic E-state index is 12.4. The summed E-state index contributed by atoms with van der Waals surface area (Å²) in [4.78, 5) is 16.4. The molecule has 146 valence electrons. The maximum Gasteiger partial charge on any atom is 0.234 e. The zero-order chi connectivity index (χ0) is 19.9. The third-order valence-corrected chi connectivity index (χ3v) is 5.13. The minimum absolute atomic E-state index is 0.0799. The van der Waals surface area contributed by atoms with Gasteiger partial charge in [0.2, 0.25) is 5.91 Å². The van der Waals surface area contributed by atoms with Crippen LogP contribution < -0.4 is 5.32 Å². The summed E-state index contributed by atoms with van der Waals surface area (Å²) in [6, 6.07) is 9.72. The van der Waals surface area contributed by atoms with Gasteiger partial charge in [0.25, 0.3) is 0 Å². The number of benzene rings is 1. The molecule has 3 aromatic rings. The largest absolute Gasteiger partial charge is 0.383 e. The van der Waals surface area contributed by atoms with Gasteiger partial charge in [0.15, 0.2) is 11.0 Å². The molecular formula is C20H23N5O2S. The van der Waals surface area contributed by atoms with Crippen LogP contribution in [-0.2, 0) is 16.1 Å². The number of hydrogen-bond donors (Lipinski definition) is 1. The van der Waals surface area contributed by atoms with Gasteiger partial charge in [0.1, 0.15) is 0 Å². The molecule has 0 saturated heterocycles. The molecule has 2 aromatic heterocycles. The first-order chi connectivity index (χ1) is 13.6. The van der Waals surface area contributed by atoms with Crippen LogP contribution in [0.4, 0.5) is 5.69 Å². The van der Waals surface area contributed by atoms with Gasteiger partial charge in [-0.05, 0) is 37.6 Å². The highest BCUT2D eigenvalue weighted by Gasteiger charge is 2.16.